The molecule has 0 spiro atoms. The highest BCUT2D eigenvalue weighted by Gasteiger charge is 2.19. The Morgan fingerprint density at radius 2 is 2.15 bits per heavy atom. The zero-order valence-electron chi connectivity index (χ0n) is 14.9. The number of rotatable bonds is 8. The van der Waals surface area contributed by atoms with Gasteiger partial charge in [0.05, 0.1) is 10.8 Å². The van der Waals surface area contributed by atoms with Gasteiger partial charge in [0.25, 0.3) is 0 Å². The molecule has 8 nitrogen and oxygen atoms in total. The third kappa shape index (κ3) is 3.65. The van der Waals surface area contributed by atoms with Gasteiger partial charge in [0, 0.05) is 22.4 Å². The summed E-state index contributed by atoms with van der Waals surface area (Å²) in [7, 11) is 0. The van der Waals surface area contributed by atoms with Gasteiger partial charge in [0.15, 0.2) is 11.0 Å². The average molecular weight is 393 g/mol. The minimum absolute atomic E-state index is 0.0114. The number of aromatic nitrogens is 5. The Labute approximate surface area is 159 Å². The molecule has 0 amide bonds. The molecule has 0 atom stereocenters. The SMILES string of the molecule is CCCn1c(SCn2cc([N+](=O)[O-])cn2)nnc1-c1csc(C)c1CC. The standard InChI is InChI=1S/C16H20N6O2S2/c1-4-6-21-15(14-9-25-11(3)13(14)5-2)18-19-16(21)26-10-20-8-12(7-17-20)22(23)24/h7-9H,4-6,10H2,1-3H3. The van der Waals surface area contributed by atoms with Crippen LogP contribution in [0.2, 0.25) is 0 Å². The Hall–Kier alpha value is -2.20. The first-order chi connectivity index (χ1) is 12.5. The highest BCUT2D eigenvalue weighted by Crippen LogP contribution is 2.33. The highest BCUT2D eigenvalue weighted by molar-refractivity contribution is 7.98. The molecule has 3 heterocycles. The summed E-state index contributed by atoms with van der Waals surface area (Å²) < 4.78 is 3.67. The molecule has 3 aromatic rings. The van der Waals surface area contributed by atoms with Gasteiger partial charge in [0.2, 0.25) is 0 Å². The Morgan fingerprint density at radius 3 is 2.81 bits per heavy atom. The molecule has 0 aromatic carbocycles. The Bertz CT molecular complexity index is 914. The van der Waals surface area contributed by atoms with Gasteiger partial charge in [-0.05, 0) is 25.3 Å². The predicted octanol–water partition coefficient (Wildman–Crippen LogP) is 4.14. The van der Waals surface area contributed by atoms with Crippen LogP contribution in [0.4, 0.5) is 5.69 Å². The van der Waals surface area contributed by atoms with Crippen LogP contribution in [-0.4, -0.2) is 29.5 Å². The fourth-order valence-corrected chi connectivity index (χ4v) is 4.53. The predicted molar refractivity (Wildman–Crippen MR) is 102 cm³/mol. The van der Waals surface area contributed by atoms with Crippen LogP contribution in [0.3, 0.4) is 0 Å². The van der Waals surface area contributed by atoms with Crippen molar-refractivity contribution in [1.82, 2.24) is 24.5 Å². The Balaban J connectivity index is 1.85. The van der Waals surface area contributed by atoms with Crippen LogP contribution in [0.25, 0.3) is 11.4 Å². The van der Waals surface area contributed by atoms with E-state index in [1.807, 2.05) is 0 Å². The van der Waals surface area contributed by atoms with Crippen molar-refractivity contribution >= 4 is 28.8 Å². The lowest BCUT2D eigenvalue weighted by Crippen LogP contribution is -2.04. The molecule has 0 fully saturated rings. The molecule has 0 N–H and O–H groups in total. The average Bonchev–Trinajstić information content (AvgIpc) is 3.32. The van der Waals surface area contributed by atoms with Crippen molar-refractivity contribution in [2.75, 3.05) is 0 Å². The molecule has 3 rings (SSSR count). The van der Waals surface area contributed by atoms with Crippen molar-refractivity contribution < 1.29 is 4.92 Å². The maximum Gasteiger partial charge on any atom is 0.307 e. The number of thiophene rings is 1. The molecule has 0 unspecified atom stereocenters. The van der Waals surface area contributed by atoms with E-state index in [4.69, 9.17) is 0 Å². The monoisotopic (exact) mass is 392 g/mol. The van der Waals surface area contributed by atoms with Gasteiger partial charge in [-0.15, -0.1) is 21.5 Å². The molecule has 0 aliphatic carbocycles. The van der Waals surface area contributed by atoms with Gasteiger partial charge in [-0.1, -0.05) is 25.6 Å². The van der Waals surface area contributed by atoms with Crippen LogP contribution >= 0.6 is 23.1 Å². The lowest BCUT2D eigenvalue weighted by Gasteiger charge is -2.09. The van der Waals surface area contributed by atoms with E-state index >= 15 is 0 Å². The van der Waals surface area contributed by atoms with Crippen molar-refractivity contribution in [2.24, 2.45) is 0 Å². The Kier molecular flexibility index (Phi) is 5.72. The van der Waals surface area contributed by atoms with E-state index in [1.165, 1.54) is 34.6 Å². The number of hydrogen-bond acceptors (Lipinski definition) is 7. The van der Waals surface area contributed by atoms with Crippen LogP contribution in [0.15, 0.2) is 22.9 Å². The summed E-state index contributed by atoms with van der Waals surface area (Å²) in [5.41, 5.74) is 2.46. The van der Waals surface area contributed by atoms with E-state index in [-0.39, 0.29) is 5.69 Å². The summed E-state index contributed by atoms with van der Waals surface area (Å²) in [6.07, 6.45) is 4.61. The van der Waals surface area contributed by atoms with Crippen LogP contribution in [0.1, 0.15) is 30.7 Å². The normalized spacial score (nSPS) is 11.2. The molecule has 0 aliphatic heterocycles. The Morgan fingerprint density at radius 1 is 1.35 bits per heavy atom. The summed E-state index contributed by atoms with van der Waals surface area (Å²) in [5, 5.41) is 26.5. The smallest absolute Gasteiger partial charge is 0.302 e. The van der Waals surface area contributed by atoms with Crippen molar-refractivity contribution in [3.05, 3.63) is 38.3 Å². The van der Waals surface area contributed by atoms with Crippen molar-refractivity contribution in [1.29, 1.82) is 0 Å². The second-order valence-corrected chi connectivity index (χ2v) is 7.76. The largest absolute Gasteiger partial charge is 0.307 e. The zero-order valence-corrected chi connectivity index (χ0v) is 16.5. The maximum atomic E-state index is 10.8. The molecular weight excluding hydrogens is 372 g/mol. The molecule has 0 radical (unpaired) electrons. The second-order valence-electron chi connectivity index (χ2n) is 5.76. The first kappa shape index (κ1) is 18.6. The zero-order chi connectivity index (χ0) is 18.7. The molecule has 3 aromatic heterocycles. The van der Waals surface area contributed by atoms with Gasteiger partial charge < -0.3 is 4.57 Å². The lowest BCUT2D eigenvalue weighted by molar-refractivity contribution is -0.385. The summed E-state index contributed by atoms with van der Waals surface area (Å²) in [4.78, 5) is 11.6. The van der Waals surface area contributed by atoms with Crippen molar-refractivity contribution in [3.8, 4) is 11.4 Å². The fourth-order valence-electron chi connectivity index (χ4n) is 2.77. The number of aryl methyl sites for hydroxylation is 1. The van der Waals surface area contributed by atoms with Gasteiger partial charge in [-0.25, -0.2) is 0 Å². The molecule has 0 saturated heterocycles. The topological polar surface area (TPSA) is 91.7 Å². The van der Waals surface area contributed by atoms with E-state index < -0.39 is 4.92 Å². The summed E-state index contributed by atoms with van der Waals surface area (Å²) in [6.45, 7) is 7.23. The number of thioether (sulfide) groups is 1. The molecule has 0 saturated carbocycles. The van der Waals surface area contributed by atoms with Crippen molar-refractivity contribution in [2.45, 2.75) is 51.2 Å². The van der Waals surface area contributed by atoms with E-state index in [1.54, 1.807) is 16.0 Å². The molecule has 26 heavy (non-hydrogen) atoms. The van der Waals surface area contributed by atoms with Gasteiger partial charge in [0.1, 0.15) is 12.4 Å². The second kappa shape index (κ2) is 8.00. The number of nitrogens with zero attached hydrogens (tertiary/aromatic N) is 6. The van der Waals surface area contributed by atoms with Crippen LogP contribution in [-0.2, 0) is 18.8 Å². The fraction of sp³-hybridized carbons (Fsp3) is 0.438. The first-order valence-corrected chi connectivity index (χ1v) is 10.2. The quantitative estimate of drug-likeness (QED) is 0.325. The van der Waals surface area contributed by atoms with E-state index in [2.05, 4.69) is 46.0 Å². The minimum Gasteiger partial charge on any atom is -0.302 e. The molecule has 0 bridgehead atoms. The van der Waals surface area contributed by atoms with Crippen LogP contribution < -0.4 is 0 Å². The van der Waals surface area contributed by atoms with E-state index in [0.717, 1.165) is 35.9 Å². The summed E-state index contributed by atoms with van der Waals surface area (Å²) >= 11 is 3.21. The number of nitro groups is 1. The van der Waals surface area contributed by atoms with Gasteiger partial charge in [-0.2, -0.15) is 5.10 Å². The molecule has 138 valence electrons. The molecule has 10 heteroatoms. The first-order valence-electron chi connectivity index (χ1n) is 8.35. The third-order valence-corrected chi connectivity index (χ3v) is 5.93. The van der Waals surface area contributed by atoms with Gasteiger partial charge in [-0.3, -0.25) is 14.8 Å². The van der Waals surface area contributed by atoms with Crippen molar-refractivity contribution in [3.63, 3.8) is 0 Å². The summed E-state index contributed by atoms with van der Waals surface area (Å²) in [5.74, 6) is 1.33. The van der Waals surface area contributed by atoms with Crippen LogP contribution in [0, 0.1) is 17.0 Å². The lowest BCUT2D eigenvalue weighted by atomic mass is 10.1. The van der Waals surface area contributed by atoms with Crippen LogP contribution in [0.5, 0.6) is 0 Å². The highest BCUT2D eigenvalue weighted by atomic mass is 32.2. The minimum atomic E-state index is -0.447. The van der Waals surface area contributed by atoms with E-state index in [9.17, 15) is 10.1 Å². The third-order valence-electron chi connectivity index (χ3n) is 4.02. The van der Waals surface area contributed by atoms with E-state index in [0.29, 0.717) is 5.88 Å². The molecular formula is C16H20N6O2S2. The number of hydrogen-bond donors (Lipinski definition) is 0. The maximum absolute atomic E-state index is 10.8. The van der Waals surface area contributed by atoms with Gasteiger partial charge >= 0.3 is 5.69 Å². The molecule has 0 aliphatic rings. The summed E-state index contributed by atoms with van der Waals surface area (Å²) in [6, 6.07) is 0.